The number of furan rings is 1. The normalized spacial score (nSPS) is 11.0. The molecule has 0 aliphatic carbocycles. The van der Waals surface area contributed by atoms with Crippen LogP contribution >= 0.6 is 0 Å². The van der Waals surface area contributed by atoms with Gasteiger partial charge in [0.1, 0.15) is 11.6 Å². The molecule has 0 atom stereocenters. The number of carbonyl (C=O) groups is 1. The summed E-state index contributed by atoms with van der Waals surface area (Å²) in [5.41, 5.74) is 4.18. The lowest BCUT2D eigenvalue weighted by Gasteiger charge is -2.06. The van der Waals surface area contributed by atoms with Crippen molar-refractivity contribution >= 4 is 16.8 Å². The summed E-state index contributed by atoms with van der Waals surface area (Å²) in [6, 6.07) is 8.02. The second-order valence-electron chi connectivity index (χ2n) is 5.28. The Hall–Kier alpha value is -2.60. The van der Waals surface area contributed by atoms with E-state index < -0.39 is 5.91 Å². The van der Waals surface area contributed by atoms with E-state index in [1.807, 2.05) is 12.1 Å². The Bertz CT molecular complexity index is 809. The van der Waals surface area contributed by atoms with Crippen molar-refractivity contribution in [3.8, 4) is 0 Å². The van der Waals surface area contributed by atoms with Crippen molar-refractivity contribution in [1.29, 1.82) is 0 Å². The molecular formula is C17H17FN2O3. The molecule has 120 valence electrons. The second-order valence-corrected chi connectivity index (χ2v) is 5.28. The fourth-order valence-electron chi connectivity index (χ4n) is 2.53. The van der Waals surface area contributed by atoms with E-state index in [0.717, 1.165) is 18.6 Å². The van der Waals surface area contributed by atoms with Crippen molar-refractivity contribution in [2.45, 2.75) is 19.8 Å². The number of aryl methyl sites for hydroxylation is 2. The van der Waals surface area contributed by atoms with Gasteiger partial charge in [-0.3, -0.25) is 9.63 Å². The summed E-state index contributed by atoms with van der Waals surface area (Å²) in [6.07, 6.45) is 3.08. The number of nitrogens with one attached hydrogen (secondary N) is 2. The summed E-state index contributed by atoms with van der Waals surface area (Å²) < 4.78 is 18.6. The van der Waals surface area contributed by atoms with Crippen molar-refractivity contribution < 1.29 is 18.4 Å². The summed E-state index contributed by atoms with van der Waals surface area (Å²) in [6.45, 7) is 2.13. The smallest absolute Gasteiger partial charge is 0.277 e. The minimum atomic E-state index is -0.391. The zero-order chi connectivity index (χ0) is 16.2. The number of hydrogen-bond donors (Lipinski definition) is 2. The Kier molecular flexibility index (Phi) is 4.43. The highest BCUT2D eigenvalue weighted by molar-refractivity contribution is 6.07. The van der Waals surface area contributed by atoms with Crippen LogP contribution in [0.25, 0.3) is 10.9 Å². The quantitative estimate of drug-likeness (QED) is 0.540. The van der Waals surface area contributed by atoms with E-state index in [-0.39, 0.29) is 5.82 Å². The third-order valence-electron chi connectivity index (χ3n) is 3.59. The average Bonchev–Trinajstić information content (AvgIpc) is 3.13. The summed E-state index contributed by atoms with van der Waals surface area (Å²) in [7, 11) is 0. The minimum Gasteiger partial charge on any atom is -0.469 e. The monoisotopic (exact) mass is 316 g/mol. The number of aromatic amines is 1. The van der Waals surface area contributed by atoms with Crippen LogP contribution in [0, 0.1) is 12.7 Å². The van der Waals surface area contributed by atoms with Gasteiger partial charge in [-0.1, -0.05) is 0 Å². The fraction of sp³-hybridized carbons (Fsp3) is 0.235. The van der Waals surface area contributed by atoms with Gasteiger partial charge >= 0.3 is 0 Å². The average molecular weight is 316 g/mol. The number of rotatable bonds is 6. The van der Waals surface area contributed by atoms with Crippen LogP contribution < -0.4 is 5.48 Å². The van der Waals surface area contributed by atoms with Gasteiger partial charge in [0.15, 0.2) is 0 Å². The zero-order valence-corrected chi connectivity index (χ0v) is 12.7. The maximum absolute atomic E-state index is 13.4. The molecule has 1 amide bonds. The van der Waals surface area contributed by atoms with Crippen molar-refractivity contribution in [1.82, 2.24) is 10.5 Å². The molecule has 2 N–H and O–H groups in total. The highest BCUT2D eigenvalue weighted by Gasteiger charge is 2.16. The van der Waals surface area contributed by atoms with E-state index >= 15 is 0 Å². The third kappa shape index (κ3) is 3.43. The summed E-state index contributed by atoms with van der Waals surface area (Å²) in [5, 5.41) is 0.541. The van der Waals surface area contributed by atoms with Crippen molar-refractivity contribution in [2.75, 3.05) is 6.61 Å². The molecule has 5 nitrogen and oxygen atoms in total. The van der Waals surface area contributed by atoms with E-state index in [0.29, 0.717) is 28.8 Å². The maximum Gasteiger partial charge on any atom is 0.277 e. The Morgan fingerprint density at radius 2 is 2.26 bits per heavy atom. The first-order valence-corrected chi connectivity index (χ1v) is 7.37. The van der Waals surface area contributed by atoms with E-state index in [2.05, 4.69) is 10.5 Å². The molecule has 0 radical (unpaired) electrons. The number of halogens is 1. The first kappa shape index (κ1) is 15.3. The highest BCUT2D eigenvalue weighted by Crippen LogP contribution is 2.22. The molecule has 0 aliphatic heterocycles. The van der Waals surface area contributed by atoms with Gasteiger partial charge < -0.3 is 9.40 Å². The van der Waals surface area contributed by atoms with Crippen molar-refractivity contribution in [3.63, 3.8) is 0 Å². The van der Waals surface area contributed by atoms with E-state index in [1.165, 1.54) is 12.1 Å². The number of amides is 1. The van der Waals surface area contributed by atoms with E-state index in [4.69, 9.17) is 9.25 Å². The molecule has 1 aromatic carbocycles. The van der Waals surface area contributed by atoms with Crippen LogP contribution in [0.15, 0.2) is 41.0 Å². The Morgan fingerprint density at radius 1 is 1.39 bits per heavy atom. The molecule has 0 saturated heterocycles. The molecule has 3 rings (SSSR count). The van der Waals surface area contributed by atoms with Crippen LogP contribution in [-0.4, -0.2) is 17.5 Å². The molecule has 3 aromatic rings. The third-order valence-corrected chi connectivity index (χ3v) is 3.59. The Morgan fingerprint density at radius 3 is 3.04 bits per heavy atom. The molecule has 6 heteroatoms. The van der Waals surface area contributed by atoms with Gasteiger partial charge in [-0.25, -0.2) is 9.87 Å². The lowest BCUT2D eigenvalue weighted by Crippen LogP contribution is -2.24. The number of aromatic nitrogens is 1. The topological polar surface area (TPSA) is 67.3 Å². The molecule has 0 fully saturated rings. The lowest BCUT2D eigenvalue weighted by atomic mass is 10.1. The second kappa shape index (κ2) is 6.66. The number of benzene rings is 1. The van der Waals surface area contributed by atoms with Crippen molar-refractivity contribution in [2.24, 2.45) is 0 Å². The number of hydroxylamine groups is 1. The number of hydrogen-bond acceptors (Lipinski definition) is 3. The summed E-state index contributed by atoms with van der Waals surface area (Å²) in [5.74, 6) is 0.102. The molecular weight excluding hydrogens is 299 g/mol. The van der Waals surface area contributed by atoms with Crippen LogP contribution in [0.3, 0.4) is 0 Å². The molecule has 0 spiro atoms. The largest absolute Gasteiger partial charge is 0.469 e. The van der Waals surface area contributed by atoms with E-state index in [9.17, 15) is 9.18 Å². The van der Waals surface area contributed by atoms with Crippen LogP contribution in [0.5, 0.6) is 0 Å². The number of fused-ring (bicyclic) bond motifs is 1. The fourth-order valence-corrected chi connectivity index (χ4v) is 2.53. The summed E-state index contributed by atoms with van der Waals surface area (Å²) >= 11 is 0. The van der Waals surface area contributed by atoms with Gasteiger partial charge in [-0.05, 0) is 43.7 Å². The van der Waals surface area contributed by atoms with E-state index in [1.54, 1.807) is 19.3 Å². The Balaban J connectivity index is 1.58. The standard InChI is InChI=1S/C17H17FN2O3/c1-11-16(14-10-12(18)6-7-15(14)19-11)17(21)20-23-9-3-5-13-4-2-8-22-13/h2,4,6-8,10,19H,3,5,9H2,1H3,(H,20,21). The van der Waals surface area contributed by atoms with Gasteiger partial charge in [-0.2, -0.15) is 0 Å². The SMILES string of the molecule is Cc1[nH]c2ccc(F)cc2c1C(=O)NOCCCc1ccco1. The zero-order valence-electron chi connectivity index (χ0n) is 12.7. The minimum absolute atomic E-state index is 0.363. The highest BCUT2D eigenvalue weighted by atomic mass is 19.1. The Labute approximate surface area is 132 Å². The molecule has 23 heavy (non-hydrogen) atoms. The molecule has 2 heterocycles. The summed E-state index contributed by atoms with van der Waals surface area (Å²) in [4.78, 5) is 20.5. The molecule has 0 aliphatic rings. The predicted octanol–water partition coefficient (Wildman–Crippen LogP) is 3.50. The van der Waals surface area contributed by atoms with Gasteiger partial charge in [0.2, 0.25) is 0 Å². The van der Waals surface area contributed by atoms with Crippen LogP contribution in [0.2, 0.25) is 0 Å². The predicted molar refractivity (Wildman–Crippen MR) is 83.4 cm³/mol. The molecule has 0 unspecified atom stereocenters. The van der Waals surface area contributed by atoms with Crippen LogP contribution in [-0.2, 0) is 11.3 Å². The molecule has 2 aromatic heterocycles. The van der Waals surface area contributed by atoms with Gasteiger partial charge in [0, 0.05) is 23.0 Å². The first-order chi connectivity index (χ1) is 11.1. The number of H-pyrrole nitrogens is 1. The lowest BCUT2D eigenvalue weighted by molar-refractivity contribution is 0.0302. The maximum atomic E-state index is 13.4. The first-order valence-electron chi connectivity index (χ1n) is 7.37. The van der Waals surface area contributed by atoms with Gasteiger partial charge in [0.05, 0.1) is 18.4 Å². The van der Waals surface area contributed by atoms with Gasteiger partial charge in [-0.15, -0.1) is 0 Å². The van der Waals surface area contributed by atoms with Crippen LogP contribution in [0.4, 0.5) is 4.39 Å². The molecule has 0 saturated carbocycles. The van der Waals surface area contributed by atoms with Crippen molar-refractivity contribution in [3.05, 3.63) is 59.4 Å². The number of carbonyl (C=O) groups excluding carboxylic acids is 1. The van der Waals surface area contributed by atoms with Crippen LogP contribution in [0.1, 0.15) is 28.2 Å². The van der Waals surface area contributed by atoms with Gasteiger partial charge in [0.25, 0.3) is 5.91 Å². The molecule has 0 bridgehead atoms.